The summed E-state index contributed by atoms with van der Waals surface area (Å²) >= 11 is 0. The van der Waals surface area contributed by atoms with E-state index in [1.54, 1.807) is 12.1 Å². The Morgan fingerprint density at radius 3 is 2.60 bits per heavy atom. The van der Waals surface area contributed by atoms with Crippen LogP contribution in [0.5, 0.6) is 5.75 Å². The molecule has 0 spiro atoms. The molecular weight excluding hydrogens is 255 g/mol. The Hall–Kier alpha value is -2.16. The van der Waals surface area contributed by atoms with Crippen molar-refractivity contribution in [2.24, 2.45) is 0 Å². The van der Waals surface area contributed by atoms with Crippen molar-refractivity contribution < 1.29 is 13.9 Å². The van der Waals surface area contributed by atoms with Crippen LogP contribution in [0.4, 0.5) is 4.39 Å². The molecule has 0 fully saturated rings. The Balaban J connectivity index is 1.94. The molecule has 0 radical (unpaired) electrons. The molecule has 2 rings (SSSR count). The number of rotatable bonds is 5. The molecule has 0 atom stereocenters. The normalized spacial score (nSPS) is 10.3. The summed E-state index contributed by atoms with van der Waals surface area (Å²) in [6.45, 7) is 4.05. The SMILES string of the molecule is Cc1cccc(OCCC(=O)c2cc(C)ccc2F)c1. The first kappa shape index (κ1) is 14.3. The summed E-state index contributed by atoms with van der Waals surface area (Å²) in [7, 11) is 0. The van der Waals surface area contributed by atoms with E-state index in [0.717, 1.165) is 16.9 Å². The minimum absolute atomic E-state index is 0.137. The number of ether oxygens (including phenoxy) is 1. The first-order valence-electron chi connectivity index (χ1n) is 6.55. The summed E-state index contributed by atoms with van der Waals surface area (Å²) in [5.74, 6) is 0.0116. The number of ketones is 1. The van der Waals surface area contributed by atoms with Crippen molar-refractivity contribution in [1.29, 1.82) is 0 Å². The zero-order chi connectivity index (χ0) is 14.5. The predicted molar refractivity (Wildman–Crippen MR) is 76.8 cm³/mol. The van der Waals surface area contributed by atoms with Crippen molar-refractivity contribution in [2.75, 3.05) is 6.61 Å². The second kappa shape index (κ2) is 6.33. The van der Waals surface area contributed by atoms with Crippen molar-refractivity contribution in [1.82, 2.24) is 0 Å². The number of Topliss-reactive ketones (excluding diaryl/α,β-unsaturated/α-hetero) is 1. The van der Waals surface area contributed by atoms with Crippen LogP contribution < -0.4 is 4.74 Å². The smallest absolute Gasteiger partial charge is 0.169 e. The van der Waals surface area contributed by atoms with E-state index in [-0.39, 0.29) is 24.4 Å². The molecule has 0 aliphatic heterocycles. The fourth-order valence-electron chi connectivity index (χ4n) is 1.95. The highest BCUT2D eigenvalue weighted by atomic mass is 19.1. The molecule has 20 heavy (non-hydrogen) atoms. The second-order valence-corrected chi connectivity index (χ2v) is 4.82. The van der Waals surface area contributed by atoms with Crippen LogP contribution in [-0.4, -0.2) is 12.4 Å². The van der Waals surface area contributed by atoms with Gasteiger partial charge >= 0.3 is 0 Å². The van der Waals surface area contributed by atoms with Gasteiger partial charge in [0.1, 0.15) is 11.6 Å². The number of hydrogen-bond acceptors (Lipinski definition) is 2. The van der Waals surface area contributed by atoms with Crippen LogP contribution in [0.2, 0.25) is 0 Å². The van der Waals surface area contributed by atoms with E-state index in [1.807, 2.05) is 38.1 Å². The van der Waals surface area contributed by atoms with E-state index in [9.17, 15) is 9.18 Å². The van der Waals surface area contributed by atoms with Crippen molar-refractivity contribution in [2.45, 2.75) is 20.3 Å². The minimum atomic E-state index is -0.476. The standard InChI is InChI=1S/C17H17FO2/c1-12-4-3-5-14(10-12)20-9-8-17(19)15-11-13(2)6-7-16(15)18/h3-7,10-11H,8-9H2,1-2H3. The Morgan fingerprint density at radius 1 is 1.10 bits per heavy atom. The summed E-state index contributed by atoms with van der Waals surface area (Å²) in [6, 6.07) is 12.2. The predicted octanol–water partition coefficient (Wildman–Crippen LogP) is 4.09. The monoisotopic (exact) mass is 272 g/mol. The number of hydrogen-bond donors (Lipinski definition) is 0. The molecule has 0 aliphatic rings. The van der Waals surface area contributed by atoms with Crippen LogP contribution in [-0.2, 0) is 0 Å². The van der Waals surface area contributed by atoms with Gasteiger partial charge in [-0.3, -0.25) is 4.79 Å². The van der Waals surface area contributed by atoms with E-state index in [4.69, 9.17) is 4.74 Å². The highest BCUT2D eigenvalue weighted by molar-refractivity contribution is 5.96. The van der Waals surface area contributed by atoms with Gasteiger partial charge in [-0.05, 0) is 43.7 Å². The highest BCUT2D eigenvalue weighted by Gasteiger charge is 2.11. The number of benzene rings is 2. The Bertz CT molecular complexity index is 620. The van der Waals surface area contributed by atoms with E-state index in [2.05, 4.69) is 0 Å². The van der Waals surface area contributed by atoms with Crippen molar-refractivity contribution in [3.63, 3.8) is 0 Å². The maximum Gasteiger partial charge on any atom is 0.169 e. The third-order valence-corrected chi connectivity index (χ3v) is 3.01. The number of aryl methyl sites for hydroxylation is 2. The quantitative estimate of drug-likeness (QED) is 0.766. The van der Waals surface area contributed by atoms with Gasteiger partial charge in [0.15, 0.2) is 5.78 Å². The van der Waals surface area contributed by atoms with Gasteiger partial charge in [0, 0.05) is 6.42 Å². The molecule has 0 saturated carbocycles. The van der Waals surface area contributed by atoms with Crippen LogP contribution in [0.25, 0.3) is 0 Å². The molecule has 0 amide bonds. The molecule has 104 valence electrons. The molecule has 0 aliphatic carbocycles. The van der Waals surface area contributed by atoms with Crippen LogP contribution in [0, 0.1) is 19.7 Å². The van der Waals surface area contributed by atoms with Crippen LogP contribution >= 0.6 is 0 Å². The van der Waals surface area contributed by atoms with E-state index < -0.39 is 5.82 Å². The van der Waals surface area contributed by atoms with Gasteiger partial charge in [-0.2, -0.15) is 0 Å². The van der Waals surface area contributed by atoms with E-state index in [0.29, 0.717) is 0 Å². The van der Waals surface area contributed by atoms with Crippen LogP contribution in [0.15, 0.2) is 42.5 Å². The van der Waals surface area contributed by atoms with Crippen molar-refractivity contribution >= 4 is 5.78 Å². The fourth-order valence-corrected chi connectivity index (χ4v) is 1.95. The third kappa shape index (κ3) is 3.67. The second-order valence-electron chi connectivity index (χ2n) is 4.82. The van der Waals surface area contributed by atoms with Gasteiger partial charge in [-0.1, -0.05) is 23.8 Å². The number of carbonyl (C=O) groups excluding carboxylic acids is 1. The average Bonchev–Trinajstić information content (AvgIpc) is 2.41. The molecular formula is C17H17FO2. The third-order valence-electron chi connectivity index (χ3n) is 3.01. The summed E-state index contributed by atoms with van der Waals surface area (Å²) in [4.78, 5) is 12.0. The van der Waals surface area contributed by atoms with Gasteiger partial charge in [0.05, 0.1) is 12.2 Å². The number of halogens is 1. The maximum atomic E-state index is 13.6. The van der Waals surface area contributed by atoms with Gasteiger partial charge in [0.25, 0.3) is 0 Å². The fraction of sp³-hybridized carbons (Fsp3) is 0.235. The zero-order valence-corrected chi connectivity index (χ0v) is 11.7. The lowest BCUT2D eigenvalue weighted by Gasteiger charge is -2.07. The first-order valence-corrected chi connectivity index (χ1v) is 6.55. The maximum absolute atomic E-state index is 13.6. The molecule has 0 aromatic heterocycles. The Kier molecular flexibility index (Phi) is 4.51. The lowest BCUT2D eigenvalue weighted by molar-refractivity contribution is 0.0958. The zero-order valence-electron chi connectivity index (χ0n) is 11.7. The first-order chi connectivity index (χ1) is 9.56. The molecule has 0 saturated heterocycles. The molecule has 0 unspecified atom stereocenters. The van der Waals surface area contributed by atoms with Crippen LogP contribution in [0.3, 0.4) is 0 Å². The molecule has 3 heteroatoms. The Labute approximate surface area is 118 Å². The van der Waals surface area contributed by atoms with Crippen molar-refractivity contribution in [3.05, 3.63) is 65.0 Å². The minimum Gasteiger partial charge on any atom is -0.493 e. The number of carbonyl (C=O) groups is 1. The molecule has 0 heterocycles. The van der Waals surface area contributed by atoms with Gasteiger partial charge in [-0.25, -0.2) is 4.39 Å². The van der Waals surface area contributed by atoms with E-state index >= 15 is 0 Å². The molecule has 2 nitrogen and oxygen atoms in total. The molecule has 0 bridgehead atoms. The largest absolute Gasteiger partial charge is 0.493 e. The summed E-state index contributed by atoms with van der Waals surface area (Å²) in [6.07, 6.45) is 0.161. The topological polar surface area (TPSA) is 26.3 Å². The van der Waals surface area contributed by atoms with E-state index in [1.165, 1.54) is 6.07 Å². The average molecular weight is 272 g/mol. The summed E-state index contributed by atoms with van der Waals surface area (Å²) in [5.41, 5.74) is 2.10. The molecule has 0 N–H and O–H groups in total. The molecule has 2 aromatic rings. The summed E-state index contributed by atoms with van der Waals surface area (Å²) in [5, 5.41) is 0. The van der Waals surface area contributed by atoms with Gasteiger partial charge in [-0.15, -0.1) is 0 Å². The molecule has 2 aromatic carbocycles. The highest BCUT2D eigenvalue weighted by Crippen LogP contribution is 2.15. The lowest BCUT2D eigenvalue weighted by Crippen LogP contribution is -2.08. The van der Waals surface area contributed by atoms with Crippen LogP contribution in [0.1, 0.15) is 27.9 Å². The Morgan fingerprint density at radius 2 is 1.85 bits per heavy atom. The van der Waals surface area contributed by atoms with Gasteiger partial charge in [0.2, 0.25) is 0 Å². The summed E-state index contributed by atoms with van der Waals surface area (Å²) < 4.78 is 19.1. The van der Waals surface area contributed by atoms with Crippen molar-refractivity contribution in [3.8, 4) is 5.75 Å². The van der Waals surface area contributed by atoms with Gasteiger partial charge < -0.3 is 4.74 Å². The lowest BCUT2D eigenvalue weighted by atomic mass is 10.1.